The second-order valence-electron chi connectivity index (χ2n) is 7.08. The molecule has 1 unspecified atom stereocenters. The Kier molecular flexibility index (Phi) is 5.71. The fourth-order valence-corrected chi connectivity index (χ4v) is 3.87. The molecular weight excluding hydrogens is 388 g/mol. The van der Waals surface area contributed by atoms with Crippen molar-refractivity contribution in [1.29, 1.82) is 0 Å². The molecule has 6 nitrogen and oxygen atoms in total. The SMILES string of the molecule is COc1ccccc1N1CCC(CNc2cnn(-c3ccccc3)c(=O)c2Cl)C1. The van der Waals surface area contributed by atoms with E-state index in [1.807, 2.05) is 48.5 Å². The molecule has 0 saturated carbocycles. The van der Waals surface area contributed by atoms with Crippen molar-refractivity contribution in [1.82, 2.24) is 9.78 Å². The van der Waals surface area contributed by atoms with E-state index in [0.29, 0.717) is 17.3 Å². The molecule has 2 heterocycles. The van der Waals surface area contributed by atoms with Gasteiger partial charge in [-0.2, -0.15) is 9.78 Å². The molecule has 1 fully saturated rings. The molecule has 150 valence electrons. The van der Waals surface area contributed by atoms with Crippen molar-refractivity contribution in [3.05, 3.63) is 76.2 Å². The van der Waals surface area contributed by atoms with E-state index in [1.54, 1.807) is 13.3 Å². The highest BCUT2D eigenvalue weighted by atomic mass is 35.5. The molecule has 2 aromatic carbocycles. The lowest BCUT2D eigenvalue weighted by Crippen LogP contribution is -2.25. The van der Waals surface area contributed by atoms with Crippen LogP contribution in [0.15, 0.2) is 65.6 Å². The number of benzene rings is 2. The second kappa shape index (κ2) is 8.57. The van der Waals surface area contributed by atoms with Gasteiger partial charge in [-0.15, -0.1) is 0 Å². The van der Waals surface area contributed by atoms with Gasteiger partial charge in [0.2, 0.25) is 0 Å². The number of halogens is 1. The van der Waals surface area contributed by atoms with Gasteiger partial charge >= 0.3 is 0 Å². The number of aromatic nitrogens is 2. The van der Waals surface area contributed by atoms with Crippen LogP contribution in [0.2, 0.25) is 5.02 Å². The van der Waals surface area contributed by atoms with E-state index in [2.05, 4.69) is 21.4 Å². The van der Waals surface area contributed by atoms with Crippen molar-refractivity contribution in [3.8, 4) is 11.4 Å². The fraction of sp³-hybridized carbons (Fsp3) is 0.273. The largest absolute Gasteiger partial charge is 0.495 e. The van der Waals surface area contributed by atoms with Crippen LogP contribution < -0.4 is 20.5 Å². The third kappa shape index (κ3) is 4.07. The molecule has 0 bridgehead atoms. The summed E-state index contributed by atoms with van der Waals surface area (Å²) in [6.45, 7) is 2.61. The maximum atomic E-state index is 12.6. The van der Waals surface area contributed by atoms with Crippen LogP contribution in [-0.4, -0.2) is 36.5 Å². The Bertz CT molecular complexity index is 1040. The van der Waals surface area contributed by atoms with Crippen LogP contribution in [-0.2, 0) is 0 Å². The molecule has 0 aliphatic carbocycles. The minimum atomic E-state index is -0.329. The zero-order valence-corrected chi connectivity index (χ0v) is 17.0. The van der Waals surface area contributed by atoms with E-state index in [0.717, 1.165) is 37.5 Å². The van der Waals surface area contributed by atoms with Crippen LogP contribution in [0.3, 0.4) is 0 Å². The van der Waals surface area contributed by atoms with Gasteiger partial charge in [0.1, 0.15) is 10.8 Å². The van der Waals surface area contributed by atoms with Crippen molar-refractivity contribution < 1.29 is 4.74 Å². The highest BCUT2D eigenvalue weighted by molar-refractivity contribution is 6.32. The minimum absolute atomic E-state index is 0.156. The molecule has 1 aliphatic heterocycles. The summed E-state index contributed by atoms with van der Waals surface area (Å²) in [4.78, 5) is 14.9. The van der Waals surface area contributed by atoms with Gasteiger partial charge in [-0.05, 0) is 36.6 Å². The van der Waals surface area contributed by atoms with E-state index in [4.69, 9.17) is 16.3 Å². The molecule has 3 aromatic rings. The van der Waals surface area contributed by atoms with Crippen LogP contribution in [0, 0.1) is 5.92 Å². The van der Waals surface area contributed by atoms with E-state index in [1.165, 1.54) is 4.68 Å². The fourth-order valence-electron chi connectivity index (χ4n) is 3.67. The average Bonchev–Trinajstić information content (AvgIpc) is 3.24. The standard InChI is InChI=1S/C22H23ClN4O2/c1-29-20-10-6-5-9-19(20)26-12-11-16(15-26)13-24-18-14-25-27(22(28)21(18)23)17-7-3-2-4-8-17/h2-10,14,16,24H,11-13,15H2,1H3. The first-order chi connectivity index (χ1) is 14.2. The molecule has 1 saturated heterocycles. The van der Waals surface area contributed by atoms with E-state index < -0.39 is 0 Å². The monoisotopic (exact) mass is 410 g/mol. The van der Waals surface area contributed by atoms with E-state index >= 15 is 0 Å². The Morgan fingerprint density at radius 1 is 1.17 bits per heavy atom. The van der Waals surface area contributed by atoms with Gasteiger partial charge in [0, 0.05) is 19.6 Å². The Morgan fingerprint density at radius 2 is 1.93 bits per heavy atom. The predicted octanol–water partition coefficient (Wildman–Crippen LogP) is 3.83. The second-order valence-corrected chi connectivity index (χ2v) is 7.46. The summed E-state index contributed by atoms with van der Waals surface area (Å²) >= 11 is 6.34. The molecule has 0 amide bonds. The molecule has 29 heavy (non-hydrogen) atoms. The summed E-state index contributed by atoms with van der Waals surface area (Å²) in [5, 5.41) is 7.74. The maximum Gasteiger partial charge on any atom is 0.292 e. The van der Waals surface area contributed by atoms with Gasteiger partial charge in [0.15, 0.2) is 0 Å². The third-order valence-corrected chi connectivity index (χ3v) is 5.58. The number of nitrogens with one attached hydrogen (secondary N) is 1. The third-order valence-electron chi connectivity index (χ3n) is 5.21. The van der Waals surface area contributed by atoms with Crippen molar-refractivity contribution in [2.75, 3.05) is 37.0 Å². The number of anilines is 2. The van der Waals surface area contributed by atoms with Gasteiger partial charge < -0.3 is 15.0 Å². The summed E-state index contributed by atoms with van der Waals surface area (Å²) in [6, 6.07) is 17.3. The Labute approximate surface area is 174 Å². The molecule has 0 spiro atoms. The highest BCUT2D eigenvalue weighted by Crippen LogP contribution is 2.32. The summed E-state index contributed by atoms with van der Waals surface area (Å²) < 4.78 is 6.79. The molecule has 1 aromatic heterocycles. The van der Waals surface area contributed by atoms with Gasteiger partial charge in [0.25, 0.3) is 5.56 Å². The lowest BCUT2D eigenvalue weighted by Gasteiger charge is -2.21. The molecular formula is C22H23ClN4O2. The van der Waals surface area contributed by atoms with Gasteiger partial charge in [0.05, 0.1) is 30.4 Å². The molecule has 1 aliphatic rings. The molecule has 4 rings (SSSR count). The Morgan fingerprint density at radius 3 is 2.72 bits per heavy atom. The van der Waals surface area contributed by atoms with Crippen molar-refractivity contribution >= 4 is 23.0 Å². The Hall–Kier alpha value is -2.99. The minimum Gasteiger partial charge on any atom is -0.495 e. The average molecular weight is 411 g/mol. The normalized spacial score (nSPS) is 16.1. The number of hydrogen-bond donors (Lipinski definition) is 1. The van der Waals surface area contributed by atoms with Crippen LogP contribution in [0.4, 0.5) is 11.4 Å². The topological polar surface area (TPSA) is 59.4 Å². The zero-order valence-electron chi connectivity index (χ0n) is 16.2. The van der Waals surface area contributed by atoms with Crippen LogP contribution in [0.5, 0.6) is 5.75 Å². The Balaban J connectivity index is 1.42. The summed E-state index contributed by atoms with van der Waals surface area (Å²) in [5.74, 6) is 1.32. The number of ether oxygens (including phenoxy) is 1. The summed E-state index contributed by atoms with van der Waals surface area (Å²) in [7, 11) is 1.70. The first-order valence-corrected chi connectivity index (χ1v) is 10.00. The number of nitrogens with zero attached hydrogens (tertiary/aromatic N) is 3. The lowest BCUT2D eigenvalue weighted by atomic mass is 10.1. The zero-order chi connectivity index (χ0) is 20.2. The molecule has 1 atom stereocenters. The molecule has 7 heteroatoms. The first-order valence-electron chi connectivity index (χ1n) is 9.62. The maximum absolute atomic E-state index is 12.6. The highest BCUT2D eigenvalue weighted by Gasteiger charge is 2.24. The van der Waals surface area contributed by atoms with Gasteiger partial charge in [-0.1, -0.05) is 41.9 Å². The predicted molar refractivity (Wildman–Crippen MR) is 117 cm³/mol. The van der Waals surface area contributed by atoms with Crippen molar-refractivity contribution in [3.63, 3.8) is 0 Å². The van der Waals surface area contributed by atoms with Crippen LogP contribution in [0.25, 0.3) is 5.69 Å². The van der Waals surface area contributed by atoms with Gasteiger partial charge in [-0.25, -0.2) is 0 Å². The van der Waals surface area contributed by atoms with E-state index in [-0.39, 0.29) is 10.6 Å². The number of methoxy groups -OCH3 is 1. The molecule has 0 radical (unpaired) electrons. The smallest absolute Gasteiger partial charge is 0.292 e. The quantitative estimate of drug-likeness (QED) is 0.669. The van der Waals surface area contributed by atoms with Gasteiger partial charge in [-0.3, -0.25) is 4.79 Å². The first kappa shape index (κ1) is 19.3. The summed E-state index contributed by atoms with van der Waals surface area (Å²) in [5.41, 5.74) is 2.04. The molecule has 1 N–H and O–H groups in total. The number of para-hydroxylation sites is 3. The van der Waals surface area contributed by atoms with Crippen molar-refractivity contribution in [2.24, 2.45) is 5.92 Å². The lowest BCUT2D eigenvalue weighted by molar-refractivity contribution is 0.414. The van der Waals surface area contributed by atoms with E-state index in [9.17, 15) is 4.79 Å². The van der Waals surface area contributed by atoms with Crippen LogP contribution >= 0.6 is 11.6 Å². The van der Waals surface area contributed by atoms with Crippen molar-refractivity contribution in [2.45, 2.75) is 6.42 Å². The summed E-state index contributed by atoms with van der Waals surface area (Å²) in [6.07, 6.45) is 2.67. The van der Waals surface area contributed by atoms with Crippen LogP contribution in [0.1, 0.15) is 6.42 Å². The number of rotatable bonds is 6. The number of hydrogen-bond acceptors (Lipinski definition) is 5.